The molecule has 0 aliphatic heterocycles. The van der Waals surface area contributed by atoms with Gasteiger partial charge in [-0.2, -0.15) is 5.10 Å². The second-order valence-electron chi connectivity index (χ2n) is 5.65. The summed E-state index contributed by atoms with van der Waals surface area (Å²) in [6, 6.07) is 17.1. The Morgan fingerprint density at radius 2 is 1.81 bits per heavy atom. The van der Waals surface area contributed by atoms with Gasteiger partial charge >= 0.3 is 5.97 Å². The molecule has 0 saturated heterocycles. The fourth-order valence-electron chi connectivity index (χ4n) is 2.62. The van der Waals surface area contributed by atoms with Gasteiger partial charge in [-0.05, 0) is 42.8 Å². The molecule has 0 aliphatic carbocycles. The molecule has 6 heteroatoms. The molecule has 26 heavy (non-hydrogen) atoms. The highest BCUT2D eigenvalue weighted by molar-refractivity contribution is 5.89. The number of hydrogen-bond donors (Lipinski definition) is 1. The standard InChI is InChI=1S/C20H21N3O3/c1-3-26-20(24)18-12-19(15-6-4-14(13-21)5-7-15)23(22-18)16-8-10-17(25-2)11-9-16/h4-12H,3,13,21H2,1-2H3. The average molecular weight is 351 g/mol. The van der Waals surface area contributed by atoms with Crippen LogP contribution in [0.4, 0.5) is 0 Å². The largest absolute Gasteiger partial charge is 0.497 e. The molecule has 0 atom stereocenters. The number of rotatable bonds is 6. The molecular formula is C20H21N3O3. The molecule has 0 bridgehead atoms. The fraction of sp³-hybridized carbons (Fsp3) is 0.200. The number of aromatic nitrogens is 2. The molecule has 0 radical (unpaired) electrons. The van der Waals surface area contributed by atoms with Crippen molar-refractivity contribution in [3.8, 4) is 22.7 Å². The van der Waals surface area contributed by atoms with E-state index in [1.165, 1.54) is 0 Å². The third kappa shape index (κ3) is 3.60. The van der Waals surface area contributed by atoms with Crippen LogP contribution in [0.25, 0.3) is 16.9 Å². The zero-order valence-corrected chi connectivity index (χ0v) is 14.8. The first kappa shape index (κ1) is 17.7. The first-order valence-electron chi connectivity index (χ1n) is 8.37. The van der Waals surface area contributed by atoms with Crippen molar-refractivity contribution in [1.82, 2.24) is 9.78 Å². The van der Waals surface area contributed by atoms with E-state index < -0.39 is 5.97 Å². The van der Waals surface area contributed by atoms with Crippen molar-refractivity contribution in [3.05, 3.63) is 65.9 Å². The quantitative estimate of drug-likeness (QED) is 0.690. The number of carbonyl (C=O) groups is 1. The summed E-state index contributed by atoms with van der Waals surface area (Å²) in [7, 11) is 1.62. The molecule has 0 aliphatic rings. The molecule has 0 saturated carbocycles. The van der Waals surface area contributed by atoms with Gasteiger partial charge in [0.25, 0.3) is 0 Å². The van der Waals surface area contributed by atoms with E-state index in [-0.39, 0.29) is 5.69 Å². The van der Waals surface area contributed by atoms with Crippen molar-refractivity contribution in [3.63, 3.8) is 0 Å². The second kappa shape index (κ2) is 7.84. The number of nitrogens with two attached hydrogens (primary N) is 1. The molecule has 0 fully saturated rings. The Bertz CT molecular complexity index is 819. The van der Waals surface area contributed by atoms with Gasteiger partial charge in [0.05, 0.1) is 25.1 Å². The molecule has 3 rings (SSSR count). The maximum absolute atomic E-state index is 12.1. The smallest absolute Gasteiger partial charge is 0.358 e. The van der Waals surface area contributed by atoms with Crippen LogP contribution in [0.1, 0.15) is 23.0 Å². The lowest BCUT2D eigenvalue weighted by Gasteiger charge is -2.09. The molecule has 0 unspecified atom stereocenters. The normalized spacial score (nSPS) is 10.6. The second-order valence-corrected chi connectivity index (χ2v) is 5.65. The van der Waals surface area contributed by atoms with Crippen molar-refractivity contribution >= 4 is 5.97 Å². The lowest BCUT2D eigenvalue weighted by molar-refractivity contribution is 0.0519. The van der Waals surface area contributed by atoms with Gasteiger partial charge in [0, 0.05) is 12.1 Å². The van der Waals surface area contributed by atoms with Gasteiger partial charge in [-0.25, -0.2) is 9.48 Å². The van der Waals surface area contributed by atoms with Gasteiger partial charge in [0.15, 0.2) is 5.69 Å². The van der Waals surface area contributed by atoms with Gasteiger partial charge in [0.1, 0.15) is 5.75 Å². The number of esters is 1. The van der Waals surface area contributed by atoms with E-state index in [1.807, 2.05) is 48.5 Å². The zero-order chi connectivity index (χ0) is 18.5. The van der Waals surface area contributed by atoms with E-state index in [0.717, 1.165) is 28.3 Å². The monoisotopic (exact) mass is 351 g/mol. The molecule has 0 spiro atoms. The number of methoxy groups -OCH3 is 1. The molecule has 6 nitrogen and oxygen atoms in total. The van der Waals surface area contributed by atoms with Gasteiger partial charge in [0.2, 0.25) is 0 Å². The molecular weight excluding hydrogens is 330 g/mol. The average Bonchev–Trinajstić information content (AvgIpc) is 3.14. The summed E-state index contributed by atoms with van der Waals surface area (Å²) >= 11 is 0. The van der Waals surface area contributed by atoms with Crippen molar-refractivity contribution in [1.29, 1.82) is 0 Å². The molecule has 2 aromatic carbocycles. The third-order valence-electron chi connectivity index (χ3n) is 4.00. The van der Waals surface area contributed by atoms with Crippen LogP contribution in [0.15, 0.2) is 54.6 Å². The van der Waals surface area contributed by atoms with Crippen molar-refractivity contribution in [2.24, 2.45) is 5.73 Å². The Balaban J connectivity index is 2.08. The van der Waals surface area contributed by atoms with E-state index in [1.54, 1.807) is 24.8 Å². The van der Waals surface area contributed by atoms with Crippen LogP contribution >= 0.6 is 0 Å². The highest BCUT2D eigenvalue weighted by Gasteiger charge is 2.17. The van der Waals surface area contributed by atoms with Gasteiger partial charge in [-0.15, -0.1) is 0 Å². The summed E-state index contributed by atoms with van der Waals surface area (Å²) in [5, 5.41) is 4.45. The van der Waals surface area contributed by atoms with E-state index in [0.29, 0.717) is 13.2 Å². The Hall–Kier alpha value is -3.12. The van der Waals surface area contributed by atoms with Crippen LogP contribution in [-0.2, 0) is 11.3 Å². The fourth-order valence-corrected chi connectivity index (χ4v) is 2.62. The maximum atomic E-state index is 12.1. The van der Waals surface area contributed by atoms with Gasteiger partial charge in [-0.1, -0.05) is 24.3 Å². The lowest BCUT2D eigenvalue weighted by Crippen LogP contribution is -2.06. The van der Waals surface area contributed by atoms with Crippen LogP contribution in [0.3, 0.4) is 0 Å². The Kier molecular flexibility index (Phi) is 5.34. The van der Waals surface area contributed by atoms with Crippen molar-refractivity contribution in [2.75, 3.05) is 13.7 Å². The van der Waals surface area contributed by atoms with Gasteiger partial charge in [-0.3, -0.25) is 0 Å². The molecule has 1 heterocycles. The van der Waals surface area contributed by atoms with E-state index in [9.17, 15) is 4.79 Å². The summed E-state index contributed by atoms with van der Waals surface area (Å²) in [5.41, 5.74) is 9.52. The molecule has 1 aromatic heterocycles. The summed E-state index contributed by atoms with van der Waals surface area (Å²) in [6.07, 6.45) is 0. The van der Waals surface area contributed by atoms with Crippen LogP contribution in [0.5, 0.6) is 5.75 Å². The first-order valence-corrected chi connectivity index (χ1v) is 8.37. The Morgan fingerprint density at radius 1 is 1.12 bits per heavy atom. The number of carbonyl (C=O) groups excluding carboxylic acids is 1. The minimum atomic E-state index is -0.445. The predicted octanol–water partition coefficient (Wildman–Crippen LogP) is 3.18. The van der Waals surface area contributed by atoms with Gasteiger partial charge < -0.3 is 15.2 Å². The van der Waals surface area contributed by atoms with E-state index in [4.69, 9.17) is 15.2 Å². The SMILES string of the molecule is CCOC(=O)c1cc(-c2ccc(CN)cc2)n(-c2ccc(OC)cc2)n1. The van der Waals surface area contributed by atoms with Crippen LogP contribution < -0.4 is 10.5 Å². The highest BCUT2D eigenvalue weighted by atomic mass is 16.5. The molecule has 134 valence electrons. The minimum absolute atomic E-state index is 0.264. The number of hydrogen-bond acceptors (Lipinski definition) is 5. The van der Waals surface area contributed by atoms with E-state index in [2.05, 4.69) is 5.10 Å². The Morgan fingerprint density at radius 3 is 2.38 bits per heavy atom. The maximum Gasteiger partial charge on any atom is 0.358 e. The van der Waals surface area contributed by atoms with E-state index >= 15 is 0 Å². The number of benzene rings is 2. The number of nitrogens with zero attached hydrogens (tertiary/aromatic N) is 2. The van der Waals surface area contributed by atoms with Crippen LogP contribution in [-0.4, -0.2) is 29.5 Å². The molecule has 2 N–H and O–H groups in total. The predicted molar refractivity (Wildman–Crippen MR) is 99.4 cm³/mol. The summed E-state index contributed by atoms with van der Waals surface area (Å²) in [4.78, 5) is 12.1. The third-order valence-corrected chi connectivity index (χ3v) is 4.00. The highest BCUT2D eigenvalue weighted by Crippen LogP contribution is 2.26. The van der Waals surface area contributed by atoms with Crippen LogP contribution in [0, 0.1) is 0 Å². The molecule has 0 amide bonds. The summed E-state index contributed by atoms with van der Waals surface area (Å²) in [5.74, 6) is 0.306. The summed E-state index contributed by atoms with van der Waals surface area (Å²) in [6.45, 7) is 2.55. The number of ether oxygens (including phenoxy) is 2. The Labute approximate surface area is 152 Å². The van der Waals surface area contributed by atoms with Crippen molar-refractivity contribution < 1.29 is 14.3 Å². The topological polar surface area (TPSA) is 79.4 Å². The minimum Gasteiger partial charge on any atom is -0.497 e. The van der Waals surface area contributed by atoms with Crippen LogP contribution in [0.2, 0.25) is 0 Å². The lowest BCUT2D eigenvalue weighted by atomic mass is 10.1. The molecule has 3 aromatic rings. The first-order chi connectivity index (χ1) is 12.7. The zero-order valence-electron chi connectivity index (χ0n) is 14.8. The van der Waals surface area contributed by atoms with Crippen molar-refractivity contribution in [2.45, 2.75) is 13.5 Å². The summed E-state index contributed by atoms with van der Waals surface area (Å²) < 4.78 is 12.0.